The van der Waals surface area contributed by atoms with Crippen LogP contribution in [0.1, 0.15) is 26.7 Å². The summed E-state index contributed by atoms with van der Waals surface area (Å²) in [5.74, 6) is 0.0661. The van der Waals surface area contributed by atoms with Gasteiger partial charge >= 0.3 is 6.03 Å². The Hall–Kier alpha value is -3.55. The number of nitrogens with one attached hydrogen (secondary N) is 1. The van der Waals surface area contributed by atoms with Crippen molar-refractivity contribution < 1.29 is 13.6 Å². The molecule has 0 spiro atoms. The molecule has 4 rings (SSSR count). The zero-order valence-electron chi connectivity index (χ0n) is 19.5. The smallest absolute Gasteiger partial charge is 0.317 e. The Balaban J connectivity index is 1.55. The van der Waals surface area contributed by atoms with Gasteiger partial charge in [-0.05, 0) is 75.2 Å². The minimum absolute atomic E-state index is 0.0227. The highest BCUT2D eigenvalue weighted by molar-refractivity contribution is 5.79. The summed E-state index contributed by atoms with van der Waals surface area (Å²) in [6.07, 6.45) is 3.33. The lowest BCUT2D eigenvalue weighted by Crippen LogP contribution is -2.49. The largest absolute Gasteiger partial charge is 0.355 e. The van der Waals surface area contributed by atoms with E-state index in [1.807, 2.05) is 13.8 Å². The van der Waals surface area contributed by atoms with E-state index in [1.165, 1.54) is 24.3 Å². The second-order valence-corrected chi connectivity index (χ2v) is 8.32. The van der Waals surface area contributed by atoms with Gasteiger partial charge in [0, 0.05) is 43.3 Å². The molecular formula is C26H29F2N5O. The molecule has 178 valence electrons. The average molecular weight is 466 g/mol. The van der Waals surface area contributed by atoms with E-state index in [-0.39, 0.29) is 23.7 Å². The number of piperidine rings is 1. The maximum absolute atomic E-state index is 13.5. The van der Waals surface area contributed by atoms with Crippen LogP contribution in [0, 0.1) is 11.6 Å². The number of halogens is 2. The van der Waals surface area contributed by atoms with Crippen LogP contribution in [-0.4, -0.2) is 53.1 Å². The molecule has 1 fully saturated rings. The fourth-order valence-electron chi connectivity index (χ4n) is 4.19. The van der Waals surface area contributed by atoms with Crippen LogP contribution in [0.3, 0.4) is 0 Å². The molecule has 2 heterocycles. The van der Waals surface area contributed by atoms with Crippen LogP contribution < -0.4 is 10.2 Å². The summed E-state index contributed by atoms with van der Waals surface area (Å²) >= 11 is 0. The first-order valence-corrected chi connectivity index (χ1v) is 11.7. The minimum Gasteiger partial charge on any atom is -0.355 e. The fraction of sp³-hybridized carbons (Fsp3) is 0.346. The minimum atomic E-state index is -0.329. The highest BCUT2D eigenvalue weighted by Crippen LogP contribution is 2.31. The summed E-state index contributed by atoms with van der Waals surface area (Å²) in [4.78, 5) is 25.9. The van der Waals surface area contributed by atoms with Crippen molar-refractivity contribution in [3.63, 3.8) is 0 Å². The van der Waals surface area contributed by atoms with Crippen LogP contribution in [0.4, 0.5) is 19.4 Å². The quantitative estimate of drug-likeness (QED) is 0.550. The van der Waals surface area contributed by atoms with E-state index in [0.29, 0.717) is 24.5 Å². The van der Waals surface area contributed by atoms with Crippen molar-refractivity contribution in [1.82, 2.24) is 20.2 Å². The number of carbonyl (C=O) groups is 1. The van der Waals surface area contributed by atoms with Crippen molar-refractivity contribution in [2.24, 2.45) is 0 Å². The van der Waals surface area contributed by atoms with Gasteiger partial charge in [-0.2, -0.15) is 0 Å². The van der Waals surface area contributed by atoms with E-state index in [2.05, 4.69) is 15.2 Å². The molecule has 1 aliphatic heterocycles. The van der Waals surface area contributed by atoms with Gasteiger partial charge in [0.1, 0.15) is 17.5 Å². The van der Waals surface area contributed by atoms with E-state index in [9.17, 15) is 13.6 Å². The summed E-state index contributed by atoms with van der Waals surface area (Å²) < 4.78 is 27.0. The molecule has 0 radical (unpaired) electrons. The van der Waals surface area contributed by atoms with Crippen LogP contribution in [0.25, 0.3) is 22.5 Å². The lowest BCUT2D eigenvalue weighted by molar-refractivity contribution is 0.196. The molecule has 0 bridgehead atoms. The SMILES string of the molecule is CCN(CC)C(=O)NC1CCN(c2cnc(-c3ccc(F)cc3)c(-c3ccc(F)cc3)n2)CC1. The van der Waals surface area contributed by atoms with E-state index < -0.39 is 0 Å². The standard InChI is InChI=1S/C26H29F2N5O/c1-3-32(4-2)26(34)30-22-13-15-33(16-14-22)23-17-29-24(18-5-9-20(27)10-6-18)25(31-23)19-7-11-21(28)12-8-19/h5-12,17,22H,3-4,13-16H2,1-2H3,(H,30,34). The fourth-order valence-corrected chi connectivity index (χ4v) is 4.19. The third-order valence-electron chi connectivity index (χ3n) is 6.19. The normalized spacial score (nSPS) is 14.2. The van der Waals surface area contributed by atoms with Gasteiger partial charge in [0.2, 0.25) is 0 Å². The molecule has 3 aromatic rings. The van der Waals surface area contributed by atoms with Crippen LogP contribution >= 0.6 is 0 Å². The highest BCUT2D eigenvalue weighted by Gasteiger charge is 2.24. The first-order chi connectivity index (χ1) is 16.5. The zero-order valence-corrected chi connectivity index (χ0v) is 19.5. The molecule has 6 nitrogen and oxygen atoms in total. The number of amides is 2. The number of hydrogen-bond donors (Lipinski definition) is 1. The van der Waals surface area contributed by atoms with Crippen LogP contribution in [0.15, 0.2) is 54.7 Å². The van der Waals surface area contributed by atoms with Crippen molar-refractivity contribution in [1.29, 1.82) is 0 Å². The first-order valence-electron chi connectivity index (χ1n) is 11.7. The Morgan fingerprint density at radius 2 is 1.47 bits per heavy atom. The highest BCUT2D eigenvalue weighted by atomic mass is 19.1. The molecule has 0 aliphatic carbocycles. The van der Waals surface area contributed by atoms with E-state index in [0.717, 1.165) is 42.9 Å². The summed E-state index contributed by atoms with van der Waals surface area (Å²) in [7, 11) is 0. The molecule has 0 saturated carbocycles. The van der Waals surface area contributed by atoms with E-state index in [4.69, 9.17) is 4.98 Å². The van der Waals surface area contributed by atoms with Crippen LogP contribution in [0.2, 0.25) is 0 Å². The van der Waals surface area contributed by atoms with Gasteiger partial charge in [-0.1, -0.05) is 0 Å². The summed E-state index contributed by atoms with van der Waals surface area (Å²) in [6.45, 7) is 6.78. The number of urea groups is 1. The van der Waals surface area contributed by atoms with Gasteiger partial charge in [0.25, 0.3) is 0 Å². The van der Waals surface area contributed by atoms with E-state index in [1.54, 1.807) is 35.4 Å². The number of hydrogen-bond acceptors (Lipinski definition) is 4. The maximum atomic E-state index is 13.5. The lowest BCUT2D eigenvalue weighted by Gasteiger charge is -2.34. The third-order valence-corrected chi connectivity index (χ3v) is 6.19. The molecule has 1 saturated heterocycles. The number of anilines is 1. The summed E-state index contributed by atoms with van der Waals surface area (Å²) in [5, 5.41) is 3.13. The average Bonchev–Trinajstić information content (AvgIpc) is 2.86. The van der Waals surface area contributed by atoms with Gasteiger partial charge in [0.05, 0.1) is 17.6 Å². The monoisotopic (exact) mass is 465 g/mol. The number of carbonyl (C=O) groups excluding carboxylic acids is 1. The van der Waals surface area contributed by atoms with Crippen LogP contribution in [-0.2, 0) is 0 Å². The Morgan fingerprint density at radius 3 is 2.00 bits per heavy atom. The molecule has 1 aliphatic rings. The van der Waals surface area contributed by atoms with Crippen molar-refractivity contribution >= 4 is 11.8 Å². The Labute approximate surface area is 198 Å². The third kappa shape index (κ3) is 5.32. The van der Waals surface area contributed by atoms with Gasteiger partial charge in [-0.3, -0.25) is 4.98 Å². The maximum Gasteiger partial charge on any atom is 0.317 e. The Bertz CT molecular complexity index is 1110. The molecule has 2 aromatic carbocycles. The predicted octanol–water partition coefficient (Wildman–Crippen LogP) is 5.11. The number of rotatable bonds is 6. The molecule has 2 amide bonds. The van der Waals surface area contributed by atoms with Gasteiger partial charge < -0.3 is 15.1 Å². The van der Waals surface area contributed by atoms with E-state index >= 15 is 0 Å². The molecule has 1 aromatic heterocycles. The van der Waals surface area contributed by atoms with Gasteiger partial charge in [0.15, 0.2) is 0 Å². The molecule has 8 heteroatoms. The van der Waals surface area contributed by atoms with Gasteiger partial charge in [-0.15, -0.1) is 0 Å². The Morgan fingerprint density at radius 1 is 0.941 bits per heavy atom. The molecule has 0 atom stereocenters. The molecule has 1 N–H and O–H groups in total. The number of nitrogens with zero attached hydrogens (tertiary/aromatic N) is 4. The lowest BCUT2D eigenvalue weighted by atomic mass is 10.0. The first kappa shape index (κ1) is 23.6. The summed E-state index contributed by atoms with van der Waals surface area (Å²) in [6, 6.07) is 12.3. The van der Waals surface area contributed by atoms with Gasteiger partial charge in [-0.25, -0.2) is 18.6 Å². The second-order valence-electron chi connectivity index (χ2n) is 8.32. The second kappa shape index (κ2) is 10.6. The molecule has 0 unspecified atom stereocenters. The van der Waals surface area contributed by atoms with Crippen molar-refractivity contribution in [3.05, 3.63) is 66.4 Å². The molecule has 34 heavy (non-hydrogen) atoms. The number of aromatic nitrogens is 2. The molecular weight excluding hydrogens is 436 g/mol. The van der Waals surface area contributed by atoms with Crippen molar-refractivity contribution in [2.45, 2.75) is 32.7 Å². The van der Waals surface area contributed by atoms with Crippen molar-refractivity contribution in [3.8, 4) is 22.5 Å². The topological polar surface area (TPSA) is 61.4 Å². The van der Waals surface area contributed by atoms with Crippen molar-refractivity contribution in [2.75, 3.05) is 31.1 Å². The predicted molar refractivity (Wildman–Crippen MR) is 130 cm³/mol. The zero-order chi connectivity index (χ0) is 24.1. The number of benzene rings is 2. The summed E-state index contributed by atoms with van der Waals surface area (Å²) in [5.41, 5.74) is 2.69. The Kier molecular flexibility index (Phi) is 7.35. The van der Waals surface area contributed by atoms with Crippen LogP contribution in [0.5, 0.6) is 0 Å².